The van der Waals surface area contributed by atoms with Gasteiger partial charge in [0.25, 0.3) is 0 Å². The Labute approximate surface area is 253 Å². The summed E-state index contributed by atoms with van der Waals surface area (Å²) in [5.74, 6) is -0.167. The van der Waals surface area contributed by atoms with Gasteiger partial charge in [0.2, 0.25) is 11.8 Å². The summed E-state index contributed by atoms with van der Waals surface area (Å²) < 4.78 is 0. The van der Waals surface area contributed by atoms with Crippen LogP contribution in [0.2, 0.25) is 0 Å². The standard InChI is InChI=1S/C27H44N2O7S4/c1-18(24(31)28-13-6-10-22(28)26(33)34)16-38-37-15-12-21(9-5-4-8-20(3)30)40-39-17-19(2)25(32)29-14-7-11-23(29)27(35)36/h18-19,21-23H,4-17H2,1-3H3,(H,33,34)(H,35,36). The van der Waals surface area contributed by atoms with Gasteiger partial charge in [-0.25, -0.2) is 9.59 Å². The molecule has 2 aliphatic heterocycles. The summed E-state index contributed by atoms with van der Waals surface area (Å²) in [6.07, 6.45) is 6.85. The quantitative estimate of drug-likeness (QED) is 0.145. The third-order valence-corrected chi connectivity index (χ3v) is 13.0. The van der Waals surface area contributed by atoms with Crippen LogP contribution in [-0.4, -0.2) is 97.2 Å². The number of hydrogen-bond acceptors (Lipinski definition) is 9. The van der Waals surface area contributed by atoms with Crippen molar-refractivity contribution in [1.82, 2.24) is 9.80 Å². The van der Waals surface area contributed by atoms with Gasteiger partial charge in [0.05, 0.1) is 0 Å². The van der Waals surface area contributed by atoms with Crippen LogP contribution >= 0.6 is 43.2 Å². The second-order valence-electron chi connectivity index (χ2n) is 10.7. The number of ketones is 1. The molecule has 0 aromatic rings. The SMILES string of the molecule is CC(=O)CCCCC(CCSSCC(C)C(=O)N1CCCC1C(=O)O)SSCC(C)C(=O)N1CCCC1C(=O)O. The third kappa shape index (κ3) is 11.7. The molecule has 40 heavy (non-hydrogen) atoms. The van der Waals surface area contributed by atoms with Crippen molar-refractivity contribution in [3.63, 3.8) is 0 Å². The van der Waals surface area contributed by atoms with Crippen LogP contribution in [0, 0.1) is 11.8 Å². The summed E-state index contributed by atoms with van der Waals surface area (Å²) in [4.78, 5) is 62.8. The van der Waals surface area contributed by atoms with E-state index in [1.807, 2.05) is 13.8 Å². The number of carbonyl (C=O) groups excluding carboxylic acids is 3. The molecule has 9 nitrogen and oxygen atoms in total. The van der Waals surface area contributed by atoms with Crippen LogP contribution in [0.1, 0.15) is 78.6 Å². The molecule has 5 unspecified atom stereocenters. The average Bonchev–Trinajstić information content (AvgIpc) is 3.59. The van der Waals surface area contributed by atoms with E-state index >= 15 is 0 Å². The molecule has 0 aromatic heterocycles. The van der Waals surface area contributed by atoms with Crippen LogP contribution in [-0.2, 0) is 24.0 Å². The zero-order chi connectivity index (χ0) is 29.7. The molecule has 0 aliphatic carbocycles. The second kappa shape index (κ2) is 18.5. The number of unbranched alkanes of at least 4 members (excludes halogenated alkanes) is 1. The van der Waals surface area contributed by atoms with Crippen LogP contribution in [0.3, 0.4) is 0 Å². The highest BCUT2D eigenvalue weighted by molar-refractivity contribution is 8.77. The fourth-order valence-electron chi connectivity index (χ4n) is 4.90. The first-order valence-corrected chi connectivity index (χ1v) is 19.0. The molecule has 0 radical (unpaired) electrons. The van der Waals surface area contributed by atoms with Crippen LogP contribution in [0.15, 0.2) is 0 Å². The normalized spacial score (nSPS) is 21.3. The summed E-state index contributed by atoms with van der Waals surface area (Å²) in [6, 6.07) is -1.40. The highest BCUT2D eigenvalue weighted by Crippen LogP contribution is 2.36. The number of nitrogens with zero attached hydrogens (tertiary/aromatic N) is 2. The van der Waals surface area contributed by atoms with Crippen molar-refractivity contribution < 1.29 is 34.2 Å². The molecule has 0 saturated carbocycles. The van der Waals surface area contributed by atoms with Crippen molar-refractivity contribution >= 4 is 72.7 Å². The average molecular weight is 637 g/mol. The number of aliphatic carboxylic acids is 2. The van der Waals surface area contributed by atoms with Crippen molar-refractivity contribution in [1.29, 1.82) is 0 Å². The molecule has 2 saturated heterocycles. The van der Waals surface area contributed by atoms with Crippen molar-refractivity contribution in [2.75, 3.05) is 30.3 Å². The minimum atomic E-state index is -0.930. The predicted molar refractivity (Wildman–Crippen MR) is 166 cm³/mol. The lowest BCUT2D eigenvalue weighted by atomic mass is 10.1. The van der Waals surface area contributed by atoms with Crippen LogP contribution in [0.4, 0.5) is 0 Å². The molecule has 13 heteroatoms. The Morgan fingerprint density at radius 2 is 1.30 bits per heavy atom. The number of amides is 2. The van der Waals surface area contributed by atoms with Gasteiger partial charge < -0.3 is 24.8 Å². The molecule has 2 N–H and O–H groups in total. The number of rotatable bonds is 19. The fraction of sp³-hybridized carbons (Fsp3) is 0.815. The molecule has 228 valence electrons. The molecule has 2 fully saturated rings. The molecule has 2 heterocycles. The molecule has 5 atom stereocenters. The first-order chi connectivity index (χ1) is 19.0. The summed E-state index contributed by atoms with van der Waals surface area (Å²) in [6.45, 7) is 6.36. The second-order valence-corrected chi connectivity index (χ2v) is 16.0. The van der Waals surface area contributed by atoms with E-state index in [4.69, 9.17) is 0 Å². The zero-order valence-corrected chi connectivity index (χ0v) is 27.0. The van der Waals surface area contributed by atoms with Gasteiger partial charge in [0.1, 0.15) is 17.9 Å². The Morgan fingerprint density at radius 1 is 0.775 bits per heavy atom. The smallest absolute Gasteiger partial charge is 0.326 e. The molecule has 0 bridgehead atoms. The van der Waals surface area contributed by atoms with Crippen molar-refractivity contribution in [2.45, 2.75) is 95.9 Å². The van der Waals surface area contributed by atoms with Gasteiger partial charge in [-0.1, -0.05) is 63.4 Å². The minimum absolute atomic E-state index is 0.0828. The third-order valence-electron chi connectivity index (χ3n) is 7.24. The van der Waals surface area contributed by atoms with E-state index in [-0.39, 0.29) is 29.4 Å². The summed E-state index contributed by atoms with van der Waals surface area (Å²) >= 11 is 0. The lowest BCUT2D eigenvalue weighted by Gasteiger charge is -2.25. The largest absolute Gasteiger partial charge is 0.480 e. The molecule has 2 amide bonds. The van der Waals surface area contributed by atoms with Gasteiger partial charge >= 0.3 is 11.9 Å². The van der Waals surface area contributed by atoms with E-state index in [9.17, 15) is 34.2 Å². The Morgan fingerprint density at radius 3 is 1.80 bits per heavy atom. The molecular formula is C27H44N2O7S4. The van der Waals surface area contributed by atoms with E-state index in [0.29, 0.717) is 49.1 Å². The van der Waals surface area contributed by atoms with Crippen LogP contribution in [0.5, 0.6) is 0 Å². The van der Waals surface area contributed by atoms with Crippen LogP contribution in [0.25, 0.3) is 0 Å². The van der Waals surface area contributed by atoms with E-state index in [1.165, 1.54) is 9.80 Å². The van der Waals surface area contributed by atoms with Gasteiger partial charge in [-0.2, -0.15) is 0 Å². The maximum atomic E-state index is 12.8. The van der Waals surface area contributed by atoms with E-state index in [2.05, 4.69) is 0 Å². The first-order valence-electron chi connectivity index (χ1n) is 14.1. The summed E-state index contributed by atoms with van der Waals surface area (Å²) in [5, 5.41) is 19.1. The van der Waals surface area contributed by atoms with Crippen molar-refractivity contribution in [2.24, 2.45) is 11.8 Å². The highest BCUT2D eigenvalue weighted by atomic mass is 33.1. The Kier molecular flexibility index (Phi) is 16.2. The summed E-state index contributed by atoms with van der Waals surface area (Å²) in [5.41, 5.74) is 0. The van der Waals surface area contributed by atoms with Crippen molar-refractivity contribution in [3.05, 3.63) is 0 Å². The van der Waals surface area contributed by atoms with Gasteiger partial charge in [-0.15, -0.1) is 0 Å². The van der Waals surface area contributed by atoms with Gasteiger partial charge in [0.15, 0.2) is 0 Å². The monoisotopic (exact) mass is 636 g/mol. The maximum Gasteiger partial charge on any atom is 0.326 e. The Hall–Kier alpha value is -1.05. The van der Waals surface area contributed by atoms with Gasteiger partial charge in [0, 0.05) is 53.9 Å². The molecule has 0 spiro atoms. The molecular weight excluding hydrogens is 593 g/mol. The van der Waals surface area contributed by atoms with Gasteiger partial charge in [-0.3, -0.25) is 9.59 Å². The van der Waals surface area contributed by atoms with Crippen molar-refractivity contribution in [3.8, 4) is 0 Å². The number of likely N-dealkylation sites (tertiary alicyclic amines) is 2. The number of carboxylic acid groups (broad SMARTS) is 2. The molecule has 0 aromatic carbocycles. The topological polar surface area (TPSA) is 132 Å². The van der Waals surface area contributed by atoms with Crippen LogP contribution < -0.4 is 0 Å². The van der Waals surface area contributed by atoms with Gasteiger partial charge in [-0.05, 0) is 51.9 Å². The fourth-order valence-corrected chi connectivity index (χ4v) is 10.6. The minimum Gasteiger partial charge on any atom is -0.480 e. The highest BCUT2D eigenvalue weighted by Gasteiger charge is 2.36. The number of carbonyl (C=O) groups is 5. The lowest BCUT2D eigenvalue weighted by molar-refractivity contribution is -0.149. The van der Waals surface area contributed by atoms with E-state index in [0.717, 1.165) is 44.3 Å². The Bertz CT molecular complexity index is 878. The summed E-state index contributed by atoms with van der Waals surface area (Å²) in [7, 11) is 6.80. The number of carboxylic acids is 2. The number of hydrogen-bond donors (Lipinski definition) is 2. The Balaban J connectivity index is 1.74. The maximum absolute atomic E-state index is 12.8. The predicted octanol–water partition coefficient (Wildman–Crippen LogP) is 5.08. The van der Waals surface area contributed by atoms with E-state index < -0.39 is 24.0 Å². The number of Topliss-reactive ketones (excluding diaryl/α,β-unsaturated/α-hetero) is 1. The molecule has 2 aliphatic rings. The van der Waals surface area contributed by atoms with E-state index in [1.54, 1.807) is 50.1 Å². The lowest BCUT2D eigenvalue weighted by Crippen LogP contribution is -2.43. The molecule has 2 rings (SSSR count). The first kappa shape index (κ1) is 35.1. The zero-order valence-electron chi connectivity index (χ0n) is 23.7.